The van der Waals surface area contributed by atoms with Gasteiger partial charge in [0.05, 0.1) is 6.54 Å². The monoisotopic (exact) mass is 546 g/mol. The van der Waals surface area contributed by atoms with E-state index in [-0.39, 0.29) is 12.2 Å². The number of aromatic nitrogens is 1. The van der Waals surface area contributed by atoms with Crippen molar-refractivity contribution >= 4 is 50.2 Å². The Kier molecular flexibility index (Phi) is 7.12. The summed E-state index contributed by atoms with van der Waals surface area (Å²) in [6, 6.07) is 20.7. The normalized spacial score (nSPS) is 11.0. The van der Waals surface area contributed by atoms with Gasteiger partial charge in [-0.15, -0.1) is 0 Å². The fourth-order valence-corrected chi connectivity index (χ4v) is 4.26. The molecule has 0 saturated carbocycles. The Bertz CT molecular complexity index is 1570. The van der Waals surface area contributed by atoms with Crippen molar-refractivity contribution in [2.24, 2.45) is 0 Å². The number of hydrogen-bond acceptors (Lipinski definition) is 4. The van der Waals surface area contributed by atoms with Crippen LogP contribution in [0.1, 0.15) is 16.1 Å². The summed E-state index contributed by atoms with van der Waals surface area (Å²) in [7, 11) is 0. The summed E-state index contributed by atoms with van der Waals surface area (Å²) in [5.41, 5.74) is 1.58. The molecule has 4 aromatic rings. The second-order valence-electron chi connectivity index (χ2n) is 7.83. The minimum Gasteiger partial charge on any atom is -0.478 e. The van der Waals surface area contributed by atoms with Crippen molar-refractivity contribution in [3.8, 4) is 11.1 Å². The van der Waals surface area contributed by atoms with Crippen LogP contribution in [0.2, 0.25) is 0 Å². The third-order valence-electron chi connectivity index (χ3n) is 5.44. The third kappa shape index (κ3) is 5.26. The minimum atomic E-state index is -1.24. The summed E-state index contributed by atoms with van der Waals surface area (Å²) in [5, 5.41) is 22.3. The molecule has 0 aliphatic carbocycles. The second kappa shape index (κ2) is 10.4. The van der Waals surface area contributed by atoms with Gasteiger partial charge in [-0.25, -0.2) is 9.59 Å². The number of pyridine rings is 1. The van der Waals surface area contributed by atoms with E-state index in [0.717, 1.165) is 16.6 Å². The molecule has 0 unspecified atom stereocenters. The van der Waals surface area contributed by atoms with E-state index in [1.165, 1.54) is 4.57 Å². The number of benzene rings is 3. The van der Waals surface area contributed by atoms with E-state index in [1.807, 2.05) is 6.07 Å². The van der Waals surface area contributed by atoms with E-state index in [0.29, 0.717) is 33.2 Å². The molecule has 8 nitrogen and oxygen atoms in total. The van der Waals surface area contributed by atoms with Gasteiger partial charge in [0.15, 0.2) is 0 Å². The zero-order valence-corrected chi connectivity index (χ0v) is 20.2. The van der Waals surface area contributed by atoms with Crippen LogP contribution in [0.25, 0.3) is 21.9 Å². The van der Waals surface area contributed by atoms with E-state index in [4.69, 9.17) is 5.11 Å². The first-order chi connectivity index (χ1) is 17.2. The zero-order valence-electron chi connectivity index (χ0n) is 18.6. The molecular formula is C27H19BrN2O6. The second-order valence-corrected chi connectivity index (χ2v) is 8.75. The van der Waals surface area contributed by atoms with Gasteiger partial charge in [0.1, 0.15) is 5.69 Å². The van der Waals surface area contributed by atoms with Gasteiger partial charge in [-0.05, 0) is 46.8 Å². The predicted molar refractivity (Wildman–Crippen MR) is 139 cm³/mol. The molecule has 3 aromatic carbocycles. The SMILES string of the molecule is O=C(O)/C=C/C(=O)Nc1ccc(Cn2c(C(=O)O)c(-c3ccccc3)c3cc(Br)ccc3c2=O)cc1. The van der Waals surface area contributed by atoms with Crippen LogP contribution < -0.4 is 10.9 Å². The van der Waals surface area contributed by atoms with Gasteiger partial charge in [0.25, 0.3) is 5.56 Å². The number of anilines is 1. The van der Waals surface area contributed by atoms with Gasteiger partial charge in [-0.2, -0.15) is 0 Å². The Labute approximate surface area is 213 Å². The summed E-state index contributed by atoms with van der Waals surface area (Å²) in [5.74, 6) is -3.08. The molecule has 9 heteroatoms. The fourth-order valence-electron chi connectivity index (χ4n) is 3.90. The number of aliphatic carboxylic acids is 1. The van der Waals surface area contributed by atoms with Crippen LogP contribution in [0, 0.1) is 0 Å². The predicted octanol–water partition coefficient (Wildman–Crippen LogP) is 4.76. The summed E-state index contributed by atoms with van der Waals surface area (Å²) in [6.07, 6.45) is 1.62. The van der Waals surface area contributed by atoms with Crippen LogP contribution in [0.3, 0.4) is 0 Å². The molecular weight excluding hydrogens is 528 g/mol. The van der Waals surface area contributed by atoms with Crippen LogP contribution in [0.5, 0.6) is 0 Å². The number of carboxylic acid groups (broad SMARTS) is 2. The van der Waals surface area contributed by atoms with E-state index in [2.05, 4.69) is 21.2 Å². The third-order valence-corrected chi connectivity index (χ3v) is 5.93. The molecule has 0 bridgehead atoms. The fraction of sp³-hybridized carbons (Fsp3) is 0.0370. The first-order valence-electron chi connectivity index (χ1n) is 10.7. The largest absolute Gasteiger partial charge is 0.478 e. The summed E-state index contributed by atoms with van der Waals surface area (Å²) >= 11 is 3.42. The highest BCUT2D eigenvalue weighted by molar-refractivity contribution is 9.10. The van der Waals surface area contributed by atoms with E-state index < -0.39 is 23.4 Å². The van der Waals surface area contributed by atoms with Crippen LogP contribution in [-0.4, -0.2) is 32.6 Å². The maximum absolute atomic E-state index is 13.5. The van der Waals surface area contributed by atoms with Crippen molar-refractivity contribution in [2.45, 2.75) is 6.54 Å². The molecule has 4 rings (SSSR count). The lowest BCUT2D eigenvalue weighted by atomic mass is 9.96. The summed E-state index contributed by atoms with van der Waals surface area (Å²) in [6.45, 7) is -0.0144. The highest BCUT2D eigenvalue weighted by atomic mass is 79.9. The molecule has 0 saturated heterocycles. The Morgan fingerprint density at radius 2 is 1.58 bits per heavy atom. The number of halogens is 1. The van der Waals surface area contributed by atoms with Crippen molar-refractivity contribution < 1.29 is 24.6 Å². The number of rotatable bonds is 7. The molecule has 0 fully saturated rings. The van der Waals surface area contributed by atoms with Gasteiger partial charge >= 0.3 is 11.9 Å². The molecule has 0 radical (unpaired) electrons. The number of fused-ring (bicyclic) bond motifs is 1. The maximum Gasteiger partial charge on any atom is 0.353 e. The van der Waals surface area contributed by atoms with Crippen molar-refractivity contribution in [1.82, 2.24) is 4.57 Å². The Balaban J connectivity index is 1.80. The van der Waals surface area contributed by atoms with Gasteiger partial charge in [-0.1, -0.05) is 58.4 Å². The number of amides is 1. The first kappa shape index (κ1) is 24.6. The molecule has 180 valence electrons. The maximum atomic E-state index is 13.5. The standard InChI is InChI=1S/C27H19BrN2O6/c28-18-8-11-20-21(14-18)24(17-4-2-1-3-5-17)25(27(35)36)30(26(20)34)15-16-6-9-19(10-7-16)29-22(31)12-13-23(32)33/h1-14H,15H2,(H,29,31)(H,32,33)(H,35,36)/b13-12+. The zero-order chi connectivity index (χ0) is 25.8. The van der Waals surface area contributed by atoms with Crippen molar-refractivity contribution in [3.63, 3.8) is 0 Å². The lowest BCUT2D eigenvalue weighted by Gasteiger charge is -2.18. The van der Waals surface area contributed by atoms with Gasteiger partial charge < -0.3 is 15.5 Å². The Morgan fingerprint density at radius 1 is 0.889 bits per heavy atom. The van der Waals surface area contributed by atoms with Gasteiger partial charge in [0, 0.05) is 33.3 Å². The smallest absolute Gasteiger partial charge is 0.353 e. The van der Waals surface area contributed by atoms with Crippen LogP contribution >= 0.6 is 15.9 Å². The Hall–Kier alpha value is -4.50. The first-order valence-corrected chi connectivity index (χ1v) is 11.5. The number of carbonyl (C=O) groups is 3. The molecule has 0 aliphatic rings. The van der Waals surface area contributed by atoms with Crippen molar-refractivity contribution in [1.29, 1.82) is 0 Å². The van der Waals surface area contributed by atoms with E-state index >= 15 is 0 Å². The summed E-state index contributed by atoms with van der Waals surface area (Å²) < 4.78 is 1.96. The number of nitrogens with zero attached hydrogens (tertiary/aromatic N) is 1. The van der Waals surface area contributed by atoms with Gasteiger partial charge in [-0.3, -0.25) is 14.2 Å². The Morgan fingerprint density at radius 3 is 2.22 bits per heavy atom. The highest BCUT2D eigenvalue weighted by Crippen LogP contribution is 2.32. The lowest BCUT2D eigenvalue weighted by molar-refractivity contribution is -0.131. The van der Waals surface area contributed by atoms with Crippen LogP contribution in [-0.2, 0) is 16.1 Å². The number of hydrogen-bond donors (Lipinski definition) is 3. The van der Waals surface area contributed by atoms with Crippen LogP contribution in [0.4, 0.5) is 5.69 Å². The van der Waals surface area contributed by atoms with Gasteiger partial charge in [0.2, 0.25) is 5.91 Å². The van der Waals surface area contributed by atoms with Crippen LogP contribution in [0.15, 0.2) is 94.2 Å². The number of aromatic carboxylic acids is 1. The summed E-state index contributed by atoms with van der Waals surface area (Å²) in [4.78, 5) is 48.3. The molecule has 3 N–H and O–H groups in total. The highest BCUT2D eigenvalue weighted by Gasteiger charge is 2.23. The molecule has 1 aromatic heterocycles. The van der Waals surface area contributed by atoms with E-state index in [1.54, 1.807) is 66.7 Å². The topological polar surface area (TPSA) is 126 Å². The number of carboxylic acids is 2. The van der Waals surface area contributed by atoms with E-state index in [9.17, 15) is 24.3 Å². The number of nitrogens with one attached hydrogen (secondary N) is 1. The quantitative estimate of drug-likeness (QED) is 0.287. The molecule has 1 heterocycles. The molecule has 36 heavy (non-hydrogen) atoms. The minimum absolute atomic E-state index is 0.0144. The lowest BCUT2D eigenvalue weighted by Crippen LogP contribution is -2.28. The molecule has 0 spiro atoms. The number of carbonyl (C=O) groups excluding carboxylic acids is 1. The van der Waals surface area contributed by atoms with Crippen molar-refractivity contribution in [3.05, 3.63) is 111 Å². The average Bonchev–Trinajstić information content (AvgIpc) is 2.85. The average molecular weight is 547 g/mol. The molecule has 0 atom stereocenters. The molecule has 0 aliphatic heterocycles. The van der Waals surface area contributed by atoms with Crippen molar-refractivity contribution in [2.75, 3.05) is 5.32 Å². The molecule has 1 amide bonds.